The second kappa shape index (κ2) is 16.5. The molecule has 4 heterocycles. The Labute approximate surface area is 344 Å². The number of H-pyrrole nitrogens is 2. The van der Waals surface area contributed by atoms with E-state index in [9.17, 15) is 19.2 Å². The van der Waals surface area contributed by atoms with Gasteiger partial charge in [0.1, 0.15) is 23.7 Å². The van der Waals surface area contributed by atoms with Crippen molar-refractivity contribution in [2.45, 2.75) is 102 Å². The molecule has 2 aliphatic heterocycles. The molecule has 4 N–H and O–H groups in total. The number of methoxy groups -OCH3 is 3. The third-order valence-corrected chi connectivity index (χ3v) is 12.9. The van der Waals surface area contributed by atoms with Crippen molar-refractivity contribution in [2.24, 2.45) is 11.8 Å². The maximum absolute atomic E-state index is 14.0. The minimum absolute atomic E-state index is 0.0889. The molecule has 0 spiro atoms. The summed E-state index contributed by atoms with van der Waals surface area (Å²) in [6, 6.07) is 11.2. The molecule has 0 radical (unpaired) electrons. The van der Waals surface area contributed by atoms with Gasteiger partial charge in [-0.2, -0.15) is 0 Å². The van der Waals surface area contributed by atoms with Crippen molar-refractivity contribution < 1.29 is 33.4 Å². The van der Waals surface area contributed by atoms with Crippen LogP contribution in [-0.2, 0) is 36.6 Å². The molecule has 4 unspecified atom stereocenters. The number of hydrogen-bond acceptors (Lipinski definition) is 9. The average Bonchev–Trinajstić information content (AvgIpc) is 4.11. The van der Waals surface area contributed by atoms with E-state index >= 15 is 0 Å². The van der Waals surface area contributed by atoms with Crippen LogP contribution in [0.1, 0.15) is 87.7 Å². The van der Waals surface area contributed by atoms with Crippen LogP contribution in [0.2, 0.25) is 0 Å². The van der Waals surface area contributed by atoms with E-state index in [2.05, 4.69) is 57.0 Å². The van der Waals surface area contributed by atoms with Crippen LogP contribution in [0.4, 0.5) is 9.59 Å². The summed E-state index contributed by atoms with van der Waals surface area (Å²) < 4.78 is 15.0. The number of nitrogens with zero attached hydrogens (tertiary/aromatic N) is 4. The molecule has 8 rings (SSSR count). The van der Waals surface area contributed by atoms with Crippen molar-refractivity contribution in [3.05, 3.63) is 71.6 Å². The van der Waals surface area contributed by atoms with Gasteiger partial charge in [0.15, 0.2) is 0 Å². The summed E-state index contributed by atoms with van der Waals surface area (Å²) in [6.45, 7) is 6.16. The molecule has 312 valence electrons. The number of aromatic amines is 2. The number of aryl methyl sites for hydroxylation is 2. The lowest BCUT2D eigenvalue weighted by Crippen LogP contribution is -2.54. The van der Waals surface area contributed by atoms with Crippen LogP contribution in [0.5, 0.6) is 0 Å². The normalized spacial score (nSPS) is 22.1. The molecule has 2 aliphatic carbocycles. The summed E-state index contributed by atoms with van der Waals surface area (Å²) in [5.41, 5.74) is 8.79. The number of rotatable bonds is 11. The van der Waals surface area contributed by atoms with Crippen LogP contribution < -0.4 is 10.6 Å². The number of hydrogen-bond donors (Lipinski definition) is 4. The largest absolute Gasteiger partial charge is 0.453 e. The second-order valence-electron chi connectivity index (χ2n) is 16.6. The van der Waals surface area contributed by atoms with Gasteiger partial charge < -0.3 is 44.6 Å². The number of fused-ring (bicyclic) bond motifs is 5. The molecule has 4 aliphatic rings. The van der Waals surface area contributed by atoms with E-state index in [1.807, 2.05) is 31.1 Å². The topological polar surface area (TPSA) is 184 Å². The Balaban J connectivity index is 0.982. The molecule has 15 nitrogen and oxygen atoms in total. The van der Waals surface area contributed by atoms with Gasteiger partial charge in [-0.05, 0) is 109 Å². The molecule has 15 heteroatoms. The maximum atomic E-state index is 14.0. The number of amides is 4. The molecule has 2 aromatic carbocycles. The molecular weight excluding hydrogens is 753 g/mol. The fourth-order valence-corrected chi connectivity index (χ4v) is 9.73. The molecule has 2 saturated heterocycles. The quantitative estimate of drug-likeness (QED) is 0.139. The fourth-order valence-electron chi connectivity index (χ4n) is 9.73. The lowest BCUT2D eigenvalue weighted by Gasteiger charge is -2.37. The van der Waals surface area contributed by atoms with Crippen molar-refractivity contribution in [1.82, 2.24) is 40.4 Å². The predicted octanol–water partition coefficient (Wildman–Crippen LogP) is 6.09. The van der Waals surface area contributed by atoms with Crippen LogP contribution in [0.3, 0.4) is 0 Å². The number of imidazole rings is 2. The van der Waals surface area contributed by atoms with Gasteiger partial charge in [-0.15, -0.1) is 0 Å². The Morgan fingerprint density at radius 3 is 1.95 bits per heavy atom. The first kappa shape index (κ1) is 40.1. The zero-order chi connectivity index (χ0) is 41.5. The van der Waals surface area contributed by atoms with Crippen molar-refractivity contribution in [2.75, 3.05) is 27.9 Å². The van der Waals surface area contributed by atoms with Crippen LogP contribution in [-0.4, -0.2) is 106 Å². The first-order chi connectivity index (χ1) is 28.5. The number of benzene rings is 2. The van der Waals surface area contributed by atoms with Gasteiger partial charge in [0.25, 0.3) is 0 Å². The van der Waals surface area contributed by atoms with E-state index < -0.39 is 30.4 Å². The third-order valence-electron chi connectivity index (χ3n) is 12.9. The van der Waals surface area contributed by atoms with Gasteiger partial charge in [0.2, 0.25) is 11.8 Å². The van der Waals surface area contributed by atoms with Gasteiger partial charge in [-0.25, -0.2) is 19.6 Å². The standard InChI is InChI=1S/C44H54N8O7/c1-23(2)36(49-43(55)58-5)42(54)52-30-14-11-29(20-30)38(52)40-46-22-34(48-40)28-13-16-32-26(19-28)10-9-25-18-27(12-15-31(25)32)33-21-45-39(47-33)35-8-7-17-51(35)41(53)37(24(3)57-4)50-44(56)59-6/h12-13,15-16,18-19,21-24,29-30,35-38H,7-11,14,17,20H2,1-6H3,(H,45,47)(H,46,48)(H,49,55)(H,50,56)/t24-,29?,30?,35?,36+,37?,38+/m1/s1. The molecular formula is C44H54N8O7. The van der Waals surface area contributed by atoms with Crippen LogP contribution in [0.15, 0.2) is 48.8 Å². The maximum Gasteiger partial charge on any atom is 0.407 e. The highest BCUT2D eigenvalue weighted by Gasteiger charge is 2.51. The monoisotopic (exact) mass is 806 g/mol. The van der Waals surface area contributed by atoms with E-state index in [1.165, 1.54) is 43.6 Å². The number of piperidine rings is 1. The Morgan fingerprint density at radius 2 is 1.36 bits per heavy atom. The molecule has 2 aromatic heterocycles. The molecule has 7 atom stereocenters. The molecule has 4 aromatic rings. The number of ether oxygens (including phenoxy) is 3. The first-order valence-corrected chi connectivity index (χ1v) is 20.7. The van der Waals surface area contributed by atoms with Crippen molar-refractivity contribution in [3.8, 4) is 33.6 Å². The average molecular weight is 807 g/mol. The van der Waals surface area contributed by atoms with E-state index in [0.717, 1.165) is 73.3 Å². The van der Waals surface area contributed by atoms with Crippen LogP contribution in [0.25, 0.3) is 33.6 Å². The van der Waals surface area contributed by atoms with Crippen molar-refractivity contribution in [1.29, 1.82) is 0 Å². The van der Waals surface area contributed by atoms with E-state index in [4.69, 9.17) is 24.2 Å². The Morgan fingerprint density at radius 1 is 0.763 bits per heavy atom. The number of aromatic nitrogens is 4. The third kappa shape index (κ3) is 7.56. The van der Waals surface area contributed by atoms with Crippen LogP contribution >= 0.6 is 0 Å². The fraction of sp³-hybridized carbons (Fsp3) is 0.500. The first-order valence-electron chi connectivity index (χ1n) is 20.7. The van der Waals surface area contributed by atoms with Crippen molar-refractivity contribution >= 4 is 24.0 Å². The summed E-state index contributed by atoms with van der Waals surface area (Å²) >= 11 is 0. The summed E-state index contributed by atoms with van der Waals surface area (Å²) in [7, 11) is 4.08. The lowest BCUT2D eigenvalue weighted by atomic mass is 9.83. The zero-order valence-corrected chi connectivity index (χ0v) is 34.5. The zero-order valence-electron chi connectivity index (χ0n) is 34.5. The minimum Gasteiger partial charge on any atom is -0.453 e. The summed E-state index contributed by atoms with van der Waals surface area (Å²) in [4.78, 5) is 72.3. The minimum atomic E-state index is -0.892. The van der Waals surface area contributed by atoms with Crippen molar-refractivity contribution in [3.63, 3.8) is 0 Å². The smallest absolute Gasteiger partial charge is 0.407 e. The number of likely N-dealkylation sites (tertiary alicyclic amines) is 2. The Bertz CT molecular complexity index is 2230. The van der Waals surface area contributed by atoms with Crippen LogP contribution in [0, 0.1) is 11.8 Å². The summed E-state index contributed by atoms with van der Waals surface area (Å²) in [5, 5.41) is 5.41. The molecule has 3 fully saturated rings. The molecule has 4 amide bonds. The molecule has 1 saturated carbocycles. The number of carbonyl (C=O) groups is 4. The van der Waals surface area contributed by atoms with Gasteiger partial charge in [-0.1, -0.05) is 38.1 Å². The summed E-state index contributed by atoms with van der Waals surface area (Å²) in [5.74, 6) is 1.38. The predicted molar refractivity (Wildman–Crippen MR) is 219 cm³/mol. The Hall–Kier alpha value is -5.70. The van der Waals surface area contributed by atoms with Gasteiger partial charge >= 0.3 is 12.2 Å². The van der Waals surface area contributed by atoms with E-state index in [0.29, 0.717) is 18.3 Å². The Kier molecular flexibility index (Phi) is 11.2. The number of nitrogens with one attached hydrogen (secondary N) is 4. The highest BCUT2D eigenvalue weighted by atomic mass is 16.5. The van der Waals surface area contributed by atoms with Gasteiger partial charge in [-0.3, -0.25) is 9.59 Å². The van der Waals surface area contributed by atoms with E-state index in [1.54, 1.807) is 11.8 Å². The highest BCUT2D eigenvalue weighted by Crippen LogP contribution is 2.50. The highest BCUT2D eigenvalue weighted by molar-refractivity contribution is 5.88. The summed E-state index contributed by atoms with van der Waals surface area (Å²) in [6.07, 6.45) is 8.12. The second-order valence-corrected chi connectivity index (χ2v) is 16.6. The number of carbonyl (C=O) groups excluding carboxylic acids is 4. The van der Waals surface area contributed by atoms with Gasteiger partial charge in [0.05, 0.1) is 56.2 Å². The van der Waals surface area contributed by atoms with E-state index in [-0.39, 0.29) is 35.9 Å². The SMILES string of the molecule is COC(=O)NC(C(=O)N1CCCC1c1ncc(-c2ccc3c(c2)CCc2cc(-c4cnc([C@@H]5C6CCC(C6)N5C(=O)[C@@H](NC(=O)OC)C(C)C)[nH]4)ccc2-3)[nH]1)[C@@H](C)OC. The molecule has 2 bridgehead atoms. The van der Waals surface area contributed by atoms with Gasteiger partial charge in [0, 0.05) is 19.7 Å². The number of alkyl carbamates (subject to hydrolysis) is 2. The lowest BCUT2D eigenvalue weighted by molar-refractivity contribution is -0.139. The molecule has 59 heavy (non-hydrogen) atoms.